The van der Waals surface area contributed by atoms with Gasteiger partial charge in [-0.15, -0.1) is 0 Å². The SMILES string of the molecule is CC12CCC(=O)N1c1ccccc1C(=O)N2CC(=O)NC(CC(F)F)C(=O)O. The molecular weight excluding hydrogens is 376 g/mol. The molecule has 0 saturated carbocycles. The maximum absolute atomic E-state index is 13.0. The number of fused-ring (bicyclic) bond motifs is 3. The maximum Gasteiger partial charge on any atom is 0.326 e. The molecule has 0 radical (unpaired) electrons. The summed E-state index contributed by atoms with van der Waals surface area (Å²) in [6.07, 6.45) is -3.48. The van der Waals surface area contributed by atoms with Crippen LogP contribution in [0, 0.1) is 0 Å². The average molecular weight is 395 g/mol. The second-order valence-electron chi connectivity index (χ2n) is 6.94. The van der Waals surface area contributed by atoms with Crippen LogP contribution in [0.15, 0.2) is 24.3 Å². The number of alkyl halides is 2. The summed E-state index contributed by atoms with van der Waals surface area (Å²) in [6, 6.07) is 4.73. The Hall–Kier alpha value is -3.04. The van der Waals surface area contributed by atoms with Gasteiger partial charge in [-0.3, -0.25) is 19.3 Å². The van der Waals surface area contributed by atoms with Crippen LogP contribution in [0.4, 0.5) is 14.5 Å². The smallest absolute Gasteiger partial charge is 0.326 e. The van der Waals surface area contributed by atoms with Crippen molar-refractivity contribution < 1.29 is 33.1 Å². The molecule has 2 aliphatic rings. The Morgan fingerprint density at radius 3 is 2.61 bits per heavy atom. The minimum absolute atomic E-state index is 0.180. The Morgan fingerprint density at radius 1 is 1.29 bits per heavy atom. The monoisotopic (exact) mass is 395 g/mol. The summed E-state index contributed by atoms with van der Waals surface area (Å²) < 4.78 is 25.1. The first kappa shape index (κ1) is 19.7. The van der Waals surface area contributed by atoms with Crippen molar-refractivity contribution in [2.24, 2.45) is 0 Å². The molecule has 28 heavy (non-hydrogen) atoms. The second kappa shape index (κ2) is 7.17. The van der Waals surface area contributed by atoms with E-state index in [9.17, 15) is 28.0 Å². The van der Waals surface area contributed by atoms with E-state index in [1.807, 2.05) is 5.32 Å². The van der Waals surface area contributed by atoms with E-state index in [1.54, 1.807) is 25.1 Å². The van der Waals surface area contributed by atoms with Gasteiger partial charge < -0.3 is 15.3 Å². The van der Waals surface area contributed by atoms with Gasteiger partial charge in [0.05, 0.1) is 11.3 Å². The fourth-order valence-corrected chi connectivity index (χ4v) is 3.72. The zero-order chi connectivity index (χ0) is 20.6. The summed E-state index contributed by atoms with van der Waals surface area (Å²) in [4.78, 5) is 51.5. The number of rotatable bonds is 6. The Labute approximate surface area is 159 Å². The van der Waals surface area contributed by atoms with Crippen molar-refractivity contribution in [2.45, 2.75) is 44.3 Å². The van der Waals surface area contributed by atoms with Crippen molar-refractivity contribution in [2.75, 3.05) is 11.4 Å². The van der Waals surface area contributed by atoms with Crippen molar-refractivity contribution in [3.63, 3.8) is 0 Å². The highest BCUT2D eigenvalue weighted by Crippen LogP contribution is 2.43. The number of nitrogens with one attached hydrogen (secondary N) is 1. The minimum atomic E-state index is -2.91. The summed E-state index contributed by atoms with van der Waals surface area (Å²) in [5, 5.41) is 11.0. The first-order valence-corrected chi connectivity index (χ1v) is 8.69. The van der Waals surface area contributed by atoms with E-state index in [1.165, 1.54) is 15.9 Å². The first-order valence-electron chi connectivity index (χ1n) is 8.69. The van der Waals surface area contributed by atoms with Gasteiger partial charge in [0.2, 0.25) is 18.2 Å². The van der Waals surface area contributed by atoms with Gasteiger partial charge in [0.1, 0.15) is 18.2 Å². The van der Waals surface area contributed by atoms with Crippen LogP contribution in [0.25, 0.3) is 0 Å². The molecule has 3 amide bonds. The van der Waals surface area contributed by atoms with Crippen molar-refractivity contribution in [1.82, 2.24) is 10.2 Å². The van der Waals surface area contributed by atoms with Crippen LogP contribution in [-0.2, 0) is 14.4 Å². The Kier molecular flexibility index (Phi) is 5.05. The van der Waals surface area contributed by atoms with Crippen LogP contribution in [0.3, 0.4) is 0 Å². The highest BCUT2D eigenvalue weighted by molar-refractivity contribution is 6.11. The van der Waals surface area contributed by atoms with E-state index in [-0.39, 0.29) is 17.9 Å². The quantitative estimate of drug-likeness (QED) is 0.753. The molecule has 2 atom stereocenters. The number of anilines is 1. The van der Waals surface area contributed by atoms with E-state index in [2.05, 4.69) is 0 Å². The largest absolute Gasteiger partial charge is 0.480 e. The fraction of sp³-hybridized carbons (Fsp3) is 0.444. The summed E-state index contributed by atoms with van der Waals surface area (Å²) in [7, 11) is 0. The molecule has 0 aliphatic carbocycles. The lowest BCUT2D eigenvalue weighted by atomic mass is 9.98. The molecule has 2 N–H and O–H groups in total. The van der Waals surface area contributed by atoms with Gasteiger partial charge in [0.25, 0.3) is 5.91 Å². The number of carbonyl (C=O) groups excluding carboxylic acids is 3. The summed E-state index contributed by atoms with van der Waals surface area (Å²) in [5.74, 6) is -3.16. The van der Waals surface area contributed by atoms with E-state index < -0.39 is 48.9 Å². The molecule has 2 unspecified atom stereocenters. The molecule has 8 nitrogen and oxygen atoms in total. The molecule has 3 rings (SSSR count). The third-order valence-electron chi connectivity index (χ3n) is 5.09. The molecule has 0 aromatic heterocycles. The molecule has 2 heterocycles. The number of carboxylic acids is 1. The number of halogens is 2. The lowest BCUT2D eigenvalue weighted by Gasteiger charge is -2.48. The molecule has 1 saturated heterocycles. The molecule has 10 heteroatoms. The molecule has 150 valence electrons. The molecular formula is C18H19F2N3O5. The number of carboxylic acid groups (broad SMARTS) is 1. The zero-order valence-corrected chi connectivity index (χ0v) is 15.0. The van der Waals surface area contributed by atoms with Crippen molar-refractivity contribution in [1.29, 1.82) is 0 Å². The van der Waals surface area contributed by atoms with Crippen LogP contribution >= 0.6 is 0 Å². The summed E-state index contributed by atoms with van der Waals surface area (Å²) in [6.45, 7) is 1.09. The van der Waals surface area contributed by atoms with Crippen LogP contribution in [0.5, 0.6) is 0 Å². The molecule has 2 aliphatic heterocycles. The zero-order valence-electron chi connectivity index (χ0n) is 15.0. The number of nitrogens with zero attached hydrogens (tertiary/aromatic N) is 2. The van der Waals surface area contributed by atoms with Gasteiger partial charge in [0, 0.05) is 12.8 Å². The second-order valence-corrected chi connectivity index (χ2v) is 6.94. The van der Waals surface area contributed by atoms with Crippen molar-refractivity contribution in [3.05, 3.63) is 29.8 Å². The van der Waals surface area contributed by atoms with E-state index in [0.717, 1.165) is 0 Å². The van der Waals surface area contributed by atoms with Crippen LogP contribution < -0.4 is 10.2 Å². The average Bonchev–Trinajstić information content (AvgIpc) is 2.93. The van der Waals surface area contributed by atoms with Gasteiger partial charge in [-0.2, -0.15) is 0 Å². The molecule has 0 spiro atoms. The van der Waals surface area contributed by atoms with Crippen LogP contribution in [-0.4, -0.2) is 58.4 Å². The predicted octanol–water partition coefficient (Wildman–Crippen LogP) is 1.21. The first-order chi connectivity index (χ1) is 13.1. The topological polar surface area (TPSA) is 107 Å². The van der Waals surface area contributed by atoms with Crippen LogP contribution in [0.2, 0.25) is 0 Å². The van der Waals surface area contributed by atoms with Crippen molar-refractivity contribution >= 4 is 29.4 Å². The lowest BCUT2D eigenvalue weighted by Crippen LogP contribution is -2.64. The van der Waals surface area contributed by atoms with Gasteiger partial charge in [-0.05, 0) is 25.5 Å². The summed E-state index contributed by atoms with van der Waals surface area (Å²) >= 11 is 0. The maximum atomic E-state index is 13.0. The summed E-state index contributed by atoms with van der Waals surface area (Å²) in [5.41, 5.74) is -0.401. The minimum Gasteiger partial charge on any atom is -0.480 e. The number of hydrogen-bond donors (Lipinski definition) is 2. The molecule has 0 bridgehead atoms. The number of para-hydroxylation sites is 1. The number of aliphatic carboxylic acids is 1. The highest BCUT2D eigenvalue weighted by atomic mass is 19.3. The predicted molar refractivity (Wildman–Crippen MR) is 92.8 cm³/mol. The van der Waals surface area contributed by atoms with Gasteiger partial charge >= 0.3 is 5.97 Å². The Morgan fingerprint density at radius 2 is 1.96 bits per heavy atom. The van der Waals surface area contributed by atoms with E-state index >= 15 is 0 Å². The normalized spacial score (nSPS) is 22.1. The highest BCUT2D eigenvalue weighted by Gasteiger charge is 2.53. The number of amides is 3. The van der Waals surface area contributed by atoms with Crippen molar-refractivity contribution in [3.8, 4) is 0 Å². The lowest BCUT2D eigenvalue weighted by molar-refractivity contribution is -0.143. The third kappa shape index (κ3) is 3.30. The fourth-order valence-electron chi connectivity index (χ4n) is 3.72. The Bertz CT molecular complexity index is 846. The molecule has 1 aromatic rings. The Balaban J connectivity index is 1.87. The number of hydrogen-bond acceptors (Lipinski definition) is 4. The standard InChI is InChI=1S/C18H19F2N3O5/c1-18-7-6-15(25)23(18)12-5-3-2-4-10(12)16(26)22(18)9-14(24)21-11(17(27)28)8-13(19)20/h2-5,11,13H,6-9H2,1H3,(H,21,24)(H,27,28). The molecule has 1 aromatic carbocycles. The van der Waals surface area contributed by atoms with E-state index in [4.69, 9.17) is 5.11 Å². The number of benzene rings is 1. The number of carbonyl (C=O) groups is 4. The van der Waals surface area contributed by atoms with Gasteiger partial charge in [-0.1, -0.05) is 12.1 Å². The van der Waals surface area contributed by atoms with Crippen LogP contribution in [0.1, 0.15) is 36.5 Å². The van der Waals surface area contributed by atoms with Gasteiger partial charge in [-0.25, -0.2) is 13.6 Å². The van der Waals surface area contributed by atoms with Gasteiger partial charge in [0.15, 0.2) is 0 Å². The molecule has 1 fully saturated rings. The van der Waals surface area contributed by atoms with E-state index in [0.29, 0.717) is 12.1 Å². The third-order valence-corrected chi connectivity index (χ3v) is 5.09.